The van der Waals surface area contributed by atoms with Crippen molar-refractivity contribution in [2.24, 2.45) is 0 Å². The quantitative estimate of drug-likeness (QED) is 0.449. The molecule has 2 saturated heterocycles. The van der Waals surface area contributed by atoms with Gasteiger partial charge in [0.15, 0.2) is 0 Å². The van der Waals surface area contributed by atoms with Crippen molar-refractivity contribution in [2.75, 3.05) is 32.8 Å². The van der Waals surface area contributed by atoms with E-state index in [1.54, 1.807) is 18.3 Å². The normalized spacial score (nSPS) is 19.0. The van der Waals surface area contributed by atoms with Gasteiger partial charge in [-0.15, -0.1) is 0 Å². The zero-order valence-corrected chi connectivity index (χ0v) is 19.7. The van der Waals surface area contributed by atoms with Crippen molar-refractivity contribution in [3.8, 4) is 5.75 Å². The van der Waals surface area contributed by atoms with E-state index in [0.717, 1.165) is 61.8 Å². The van der Waals surface area contributed by atoms with Crippen LogP contribution < -0.4 is 4.74 Å². The minimum atomic E-state index is -0.218. The summed E-state index contributed by atoms with van der Waals surface area (Å²) >= 11 is 0. The Bertz CT molecular complexity index is 1090. The number of aromatic nitrogens is 2. The summed E-state index contributed by atoms with van der Waals surface area (Å²) in [5, 5.41) is 0. The molecule has 0 unspecified atom stereocenters. The maximum atomic E-state index is 13.6. The van der Waals surface area contributed by atoms with Gasteiger partial charge in [-0.2, -0.15) is 0 Å². The van der Waals surface area contributed by atoms with E-state index in [0.29, 0.717) is 6.42 Å². The fraction of sp³-hybridized carbons (Fsp3) is 0.429. The lowest BCUT2D eigenvalue weighted by molar-refractivity contribution is 0.221. The van der Waals surface area contributed by atoms with Crippen molar-refractivity contribution >= 4 is 0 Å². The predicted molar refractivity (Wildman–Crippen MR) is 131 cm³/mol. The van der Waals surface area contributed by atoms with Crippen LogP contribution in [0, 0.1) is 5.82 Å². The van der Waals surface area contributed by atoms with E-state index in [-0.39, 0.29) is 11.9 Å². The van der Waals surface area contributed by atoms with Gasteiger partial charge < -0.3 is 4.74 Å². The van der Waals surface area contributed by atoms with Crippen molar-refractivity contribution in [3.63, 3.8) is 0 Å². The minimum Gasteiger partial charge on any atom is -0.492 e. The molecule has 0 radical (unpaired) electrons. The number of nitrogens with zero attached hydrogens (tertiary/aromatic N) is 4. The molecule has 3 aromatic rings. The number of hydrogen-bond donors (Lipinski definition) is 0. The number of rotatable bonds is 9. The largest absolute Gasteiger partial charge is 0.492 e. The van der Waals surface area contributed by atoms with Gasteiger partial charge in [0.25, 0.3) is 0 Å². The molecule has 6 heteroatoms. The Kier molecular flexibility index (Phi) is 7.46. The molecule has 5 nitrogen and oxygen atoms in total. The van der Waals surface area contributed by atoms with Crippen LogP contribution in [0.4, 0.5) is 4.39 Å². The van der Waals surface area contributed by atoms with Gasteiger partial charge in [-0.05, 0) is 69.1 Å². The van der Waals surface area contributed by atoms with E-state index >= 15 is 0 Å². The van der Waals surface area contributed by atoms with Crippen molar-refractivity contribution in [3.05, 3.63) is 89.3 Å². The van der Waals surface area contributed by atoms with Gasteiger partial charge in [-0.3, -0.25) is 19.8 Å². The molecular weight excluding hydrogens is 427 g/mol. The second-order valence-electron chi connectivity index (χ2n) is 9.38. The first-order chi connectivity index (χ1) is 16.7. The van der Waals surface area contributed by atoms with Gasteiger partial charge in [0, 0.05) is 37.5 Å². The number of benzene rings is 2. The molecule has 0 aliphatic carbocycles. The molecule has 3 heterocycles. The number of ether oxygens (including phenoxy) is 1. The average molecular weight is 461 g/mol. The van der Waals surface area contributed by atoms with E-state index in [4.69, 9.17) is 9.72 Å². The molecule has 0 spiro atoms. The molecule has 34 heavy (non-hydrogen) atoms. The van der Waals surface area contributed by atoms with Gasteiger partial charge >= 0.3 is 0 Å². The zero-order valence-electron chi connectivity index (χ0n) is 19.7. The Morgan fingerprint density at radius 3 is 2.74 bits per heavy atom. The highest BCUT2D eigenvalue weighted by molar-refractivity contribution is 5.33. The third-order valence-corrected chi connectivity index (χ3v) is 6.89. The molecule has 2 aliphatic heterocycles. The Hall–Kier alpha value is -2.83. The summed E-state index contributed by atoms with van der Waals surface area (Å²) in [4.78, 5) is 14.4. The average Bonchev–Trinajstić information content (AvgIpc) is 3.53. The van der Waals surface area contributed by atoms with Gasteiger partial charge in [0.2, 0.25) is 0 Å². The Balaban J connectivity index is 1.25. The van der Waals surface area contributed by atoms with Crippen LogP contribution in [0.1, 0.15) is 54.2 Å². The van der Waals surface area contributed by atoms with Gasteiger partial charge in [-0.1, -0.05) is 30.3 Å². The first kappa shape index (κ1) is 22.9. The smallest absolute Gasteiger partial charge is 0.123 e. The molecule has 0 saturated carbocycles. The highest BCUT2D eigenvalue weighted by Gasteiger charge is 2.28. The summed E-state index contributed by atoms with van der Waals surface area (Å²) in [6.07, 6.45) is 9.07. The van der Waals surface area contributed by atoms with Crippen LogP contribution in [-0.2, 0) is 13.0 Å². The number of para-hydroxylation sites is 1. The topological polar surface area (TPSA) is 41.5 Å². The van der Waals surface area contributed by atoms with E-state index in [1.807, 2.05) is 12.3 Å². The maximum Gasteiger partial charge on any atom is 0.123 e. The van der Waals surface area contributed by atoms with Crippen LogP contribution in [0.5, 0.6) is 5.75 Å². The lowest BCUT2D eigenvalue weighted by atomic mass is 10.1. The molecule has 1 atom stereocenters. The lowest BCUT2D eigenvalue weighted by Gasteiger charge is -2.25. The van der Waals surface area contributed by atoms with Crippen molar-refractivity contribution in [1.82, 2.24) is 19.8 Å². The summed E-state index contributed by atoms with van der Waals surface area (Å²) in [7, 11) is 0. The summed E-state index contributed by atoms with van der Waals surface area (Å²) < 4.78 is 19.8. The van der Waals surface area contributed by atoms with E-state index in [9.17, 15) is 4.39 Å². The maximum absolute atomic E-state index is 13.6. The standard InChI is InChI=1S/C28H33FN4O/c29-24-9-5-7-22(17-24)18-25-19-30-20-26(31-25)27-10-6-14-33(27)21-23-8-1-2-11-28(23)34-16-15-32-12-3-4-13-32/h1-2,5,7-9,11,17,19-20,27H,3-4,6,10,12-16,18,21H2/t27-/m0/s1. The Morgan fingerprint density at radius 2 is 1.85 bits per heavy atom. The highest BCUT2D eigenvalue weighted by atomic mass is 19.1. The van der Waals surface area contributed by atoms with E-state index in [1.165, 1.54) is 37.6 Å². The van der Waals surface area contributed by atoms with E-state index in [2.05, 4.69) is 39.0 Å². The monoisotopic (exact) mass is 460 g/mol. The lowest BCUT2D eigenvalue weighted by Crippen LogP contribution is -2.26. The molecule has 1 aromatic heterocycles. The summed E-state index contributed by atoms with van der Waals surface area (Å²) in [5.41, 5.74) is 4.01. The summed E-state index contributed by atoms with van der Waals surface area (Å²) in [5.74, 6) is 0.767. The second-order valence-corrected chi connectivity index (χ2v) is 9.38. The molecule has 0 bridgehead atoms. The fourth-order valence-corrected chi connectivity index (χ4v) is 5.16. The van der Waals surface area contributed by atoms with Crippen LogP contribution in [0.2, 0.25) is 0 Å². The van der Waals surface area contributed by atoms with Crippen LogP contribution >= 0.6 is 0 Å². The van der Waals surface area contributed by atoms with Gasteiger partial charge in [0.1, 0.15) is 18.2 Å². The van der Waals surface area contributed by atoms with Crippen molar-refractivity contribution < 1.29 is 9.13 Å². The predicted octanol–water partition coefficient (Wildman–Crippen LogP) is 5.02. The molecule has 2 aliphatic rings. The second kappa shape index (κ2) is 11.1. The molecule has 178 valence electrons. The zero-order chi connectivity index (χ0) is 23.2. The van der Waals surface area contributed by atoms with Gasteiger partial charge in [-0.25, -0.2) is 4.39 Å². The highest BCUT2D eigenvalue weighted by Crippen LogP contribution is 2.33. The molecule has 2 aromatic carbocycles. The third-order valence-electron chi connectivity index (χ3n) is 6.89. The Labute approximate surface area is 201 Å². The van der Waals surface area contributed by atoms with Gasteiger partial charge in [0.05, 0.1) is 17.4 Å². The molecule has 0 N–H and O–H groups in total. The van der Waals surface area contributed by atoms with E-state index < -0.39 is 0 Å². The van der Waals surface area contributed by atoms with Crippen LogP contribution in [0.25, 0.3) is 0 Å². The molecular formula is C28H33FN4O. The summed E-state index contributed by atoms with van der Waals surface area (Å²) in [6, 6.07) is 15.3. The number of halogens is 1. The minimum absolute atomic E-state index is 0.218. The molecule has 2 fully saturated rings. The molecule has 5 rings (SSSR count). The molecule has 0 amide bonds. The van der Waals surface area contributed by atoms with Crippen molar-refractivity contribution in [2.45, 2.75) is 44.7 Å². The number of hydrogen-bond acceptors (Lipinski definition) is 5. The summed E-state index contributed by atoms with van der Waals surface area (Å²) in [6.45, 7) is 5.98. The third kappa shape index (κ3) is 5.80. The first-order valence-corrected chi connectivity index (χ1v) is 12.5. The SMILES string of the molecule is Fc1cccc(Cc2cncc([C@@H]3CCCN3Cc3ccccc3OCCN3CCCC3)n2)c1. The van der Waals surface area contributed by atoms with Crippen LogP contribution in [0.3, 0.4) is 0 Å². The Morgan fingerprint density at radius 1 is 0.971 bits per heavy atom. The van der Waals surface area contributed by atoms with Crippen molar-refractivity contribution in [1.29, 1.82) is 0 Å². The van der Waals surface area contributed by atoms with Crippen LogP contribution in [-0.4, -0.2) is 52.6 Å². The first-order valence-electron chi connectivity index (χ1n) is 12.5. The van der Waals surface area contributed by atoms with Crippen LogP contribution in [0.15, 0.2) is 60.9 Å². The fourth-order valence-electron chi connectivity index (χ4n) is 5.16. The number of likely N-dealkylation sites (tertiary alicyclic amines) is 2.